The van der Waals surface area contributed by atoms with Crippen LogP contribution in [0.5, 0.6) is 5.75 Å². The fourth-order valence-electron chi connectivity index (χ4n) is 2.64. The quantitative estimate of drug-likeness (QED) is 0.354. The molecular formula is C24H25NO4. The Morgan fingerprint density at radius 2 is 1.90 bits per heavy atom. The highest BCUT2D eigenvalue weighted by atomic mass is 16.5. The van der Waals surface area contributed by atoms with Crippen LogP contribution in [0.25, 0.3) is 11.3 Å². The molecule has 0 atom stereocenters. The number of aliphatic imine (C=N–C) groups is 1. The molecule has 0 aliphatic heterocycles. The van der Waals surface area contributed by atoms with Gasteiger partial charge in [-0.05, 0) is 61.4 Å². The first-order chi connectivity index (χ1) is 14.0. The zero-order valence-corrected chi connectivity index (χ0v) is 16.9. The molecule has 3 aromatic rings. The van der Waals surface area contributed by atoms with Crippen molar-refractivity contribution in [2.75, 3.05) is 13.2 Å². The summed E-state index contributed by atoms with van der Waals surface area (Å²) >= 11 is 0. The van der Waals surface area contributed by atoms with Crippen LogP contribution in [0.2, 0.25) is 0 Å². The van der Waals surface area contributed by atoms with Gasteiger partial charge in [-0.15, -0.1) is 0 Å². The van der Waals surface area contributed by atoms with Gasteiger partial charge >= 0.3 is 5.97 Å². The number of carbonyl (C=O) groups excluding carboxylic acids is 1. The third kappa shape index (κ3) is 5.82. The Balaban J connectivity index is 1.69. The van der Waals surface area contributed by atoms with Crippen molar-refractivity contribution in [3.63, 3.8) is 0 Å². The molecule has 5 heteroatoms. The lowest BCUT2D eigenvalue weighted by atomic mass is 10.1. The van der Waals surface area contributed by atoms with Gasteiger partial charge in [0.25, 0.3) is 0 Å². The lowest BCUT2D eigenvalue weighted by molar-refractivity contribution is 0.0459. The zero-order chi connectivity index (χ0) is 20.6. The van der Waals surface area contributed by atoms with Gasteiger partial charge in [0.15, 0.2) is 0 Å². The molecule has 0 saturated heterocycles. The van der Waals surface area contributed by atoms with Gasteiger partial charge in [-0.3, -0.25) is 4.99 Å². The summed E-state index contributed by atoms with van der Waals surface area (Å²) in [5.74, 6) is 2.07. The second-order valence-electron chi connectivity index (χ2n) is 6.96. The Morgan fingerprint density at radius 3 is 2.62 bits per heavy atom. The minimum Gasteiger partial charge on any atom is -0.494 e. The molecule has 0 aliphatic rings. The minimum atomic E-state index is -0.329. The van der Waals surface area contributed by atoms with Gasteiger partial charge in [-0.2, -0.15) is 0 Å². The maximum absolute atomic E-state index is 12.2. The van der Waals surface area contributed by atoms with E-state index in [1.54, 1.807) is 18.3 Å². The van der Waals surface area contributed by atoms with E-state index >= 15 is 0 Å². The Kier molecular flexibility index (Phi) is 6.85. The number of furan rings is 1. The van der Waals surface area contributed by atoms with Crippen molar-refractivity contribution in [3.05, 3.63) is 72.0 Å². The van der Waals surface area contributed by atoms with E-state index in [0.717, 1.165) is 17.0 Å². The molecule has 1 aromatic heterocycles. The molecule has 0 saturated carbocycles. The Hall–Kier alpha value is -3.34. The number of nitrogens with zero attached hydrogens (tertiary/aromatic N) is 1. The van der Waals surface area contributed by atoms with Crippen molar-refractivity contribution in [1.29, 1.82) is 0 Å². The first-order valence-electron chi connectivity index (χ1n) is 9.69. The average molecular weight is 391 g/mol. The average Bonchev–Trinajstić information content (AvgIpc) is 3.21. The van der Waals surface area contributed by atoms with Crippen LogP contribution in [-0.2, 0) is 4.74 Å². The SMILES string of the molecule is CCOc1ccc(N=Cc2ccc(-c3cccc(C(=O)OCC(C)C)c3)o2)cc1. The van der Waals surface area contributed by atoms with Gasteiger partial charge < -0.3 is 13.9 Å². The molecule has 0 N–H and O–H groups in total. The molecule has 2 aromatic carbocycles. The molecule has 3 rings (SSSR count). The van der Waals surface area contributed by atoms with E-state index in [9.17, 15) is 4.79 Å². The normalized spacial score (nSPS) is 11.2. The molecule has 0 fully saturated rings. The summed E-state index contributed by atoms with van der Waals surface area (Å²) in [7, 11) is 0. The maximum Gasteiger partial charge on any atom is 0.338 e. The number of rotatable bonds is 8. The number of ether oxygens (including phenoxy) is 2. The van der Waals surface area contributed by atoms with Crippen molar-refractivity contribution in [2.45, 2.75) is 20.8 Å². The van der Waals surface area contributed by atoms with Crippen LogP contribution in [0.3, 0.4) is 0 Å². The molecule has 0 bridgehead atoms. The summed E-state index contributed by atoms with van der Waals surface area (Å²) in [5.41, 5.74) is 2.12. The third-order valence-corrected chi connectivity index (χ3v) is 4.05. The van der Waals surface area contributed by atoms with Gasteiger partial charge in [0.1, 0.15) is 17.3 Å². The van der Waals surface area contributed by atoms with Gasteiger partial charge in [0.2, 0.25) is 0 Å². The lowest BCUT2D eigenvalue weighted by Gasteiger charge is -2.07. The van der Waals surface area contributed by atoms with Gasteiger partial charge in [-0.25, -0.2) is 4.79 Å². The van der Waals surface area contributed by atoms with Gasteiger partial charge in [-0.1, -0.05) is 26.0 Å². The standard InChI is InChI=1S/C24H25NO4/c1-4-27-21-10-8-20(9-11-21)25-15-22-12-13-23(29-22)18-6-5-7-19(14-18)24(26)28-16-17(2)3/h5-15,17H,4,16H2,1-3H3. The number of hydrogen-bond acceptors (Lipinski definition) is 5. The maximum atomic E-state index is 12.2. The number of esters is 1. The fourth-order valence-corrected chi connectivity index (χ4v) is 2.64. The van der Waals surface area contributed by atoms with Crippen LogP contribution in [0.15, 0.2) is 70.1 Å². The van der Waals surface area contributed by atoms with Gasteiger partial charge in [0.05, 0.1) is 30.7 Å². The molecule has 0 amide bonds. The topological polar surface area (TPSA) is 61.0 Å². The molecule has 29 heavy (non-hydrogen) atoms. The molecule has 5 nitrogen and oxygen atoms in total. The minimum absolute atomic E-state index is 0.296. The second-order valence-corrected chi connectivity index (χ2v) is 6.96. The summed E-state index contributed by atoms with van der Waals surface area (Å²) in [5, 5.41) is 0. The van der Waals surface area contributed by atoms with Crippen LogP contribution in [0, 0.1) is 5.92 Å². The van der Waals surface area contributed by atoms with E-state index < -0.39 is 0 Å². The first-order valence-corrected chi connectivity index (χ1v) is 9.69. The summed E-state index contributed by atoms with van der Waals surface area (Å²) in [6.07, 6.45) is 1.67. The van der Waals surface area contributed by atoms with Crippen LogP contribution in [0.1, 0.15) is 36.9 Å². The van der Waals surface area contributed by atoms with E-state index in [1.165, 1.54) is 0 Å². The highest BCUT2D eigenvalue weighted by molar-refractivity contribution is 5.91. The van der Waals surface area contributed by atoms with Crippen LogP contribution in [-0.4, -0.2) is 25.4 Å². The second kappa shape index (κ2) is 9.73. The van der Waals surface area contributed by atoms with E-state index in [0.29, 0.717) is 36.2 Å². The molecule has 0 unspecified atom stereocenters. The van der Waals surface area contributed by atoms with Crippen molar-refractivity contribution < 1.29 is 18.7 Å². The van der Waals surface area contributed by atoms with Crippen LogP contribution < -0.4 is 4.74 Å². The number of carbonyl (C=O) groups is 1. The Morgan fingerprint density at radius 1 is 1.10 bits per heavy atom. The predicted molar refractivity (Wildman–Crippen MR) is 114 cm³/mol. The summed E-state index contributed by atoms with van der Waals surface area (Å²) < 4.78 is 16.6. The van der Waals surface area contributed by atoms with Crippen molar-refractivity contribution >= 4 is 17.9 Å². The molecule has 1 heterocycles. The monoisotopic (exact) mass is 391 g/mol. The molecule has 0 radical (unpaired) electrons. The smallest absolute Gasteiger partial charge is 0.338 e. The van der Waals surface area contributed by atoms with Crippen LogP contribution in [0.4, 0.5) is 5.69 Å². The van der Waals surface area contributed by atoms with Crippen LogP contribution >= 0.6 is 0 Å². The van der Waals surface area contributed by atoms with E-state index in [2.05, 4.69) is 4.99 Å². The highest BCUT2D eigenvalue weighted by Gasteiger charge is 2.11. The number of benzene rings is 2. The first kappa shape index (κ1) is 20.4. The van der Waals surface area contributed by atoms with Crippen molar-refractivity contribution in [3.8, 4) is 17.1 Å². The zero-order valence-electron chi connectivity index (χ0n) is 16.9. The largest absolute Gasteiger partial charge is 0.494 e. The summed E-state index contributed by atoms with van der Waals surface area (Å²) in [4.78, 5) is 16.6. The molecular weight excluding hydrogens is 366 g/mol. The van der Waals surface area contributed by atoms with Crippen molar-refractivity contribution in [1.82, 2.24) is 0 Å². The molecule has 0 aliphatic carbocycles. The van der Waals surface area contributed by atoms with E-state index in [4.69, 9.17) is 13.9 Å². The molecule has 0 spiro atoms. The van der Waals surface area contributed by atoms with Gasteiger partial charge in [0, 0.05) is 5.56 Å². The van der Waals surface area contributed by atoms with E-state index in [1.807, 2.05) is 69.3 Å². The predicted octanol–water partition coefficient (Wildman–Crippen LogP) is 5.91. The van der Waals surface area contributed by atoms with E-state index in [-0.39, 0.29) is 5.97 Å². The highest BCUT2D eigenvalue weighted by Crippen LogP contribution is 2.24. The Labute approximate surface area is 171 Å². The number of hydrogen-bond donors (Lipinski definition) is 0. The lowest BCUT2D eigenvalue weighted by Crippen LogP contribution is -2.10. The Bertz CT molecular complexity index is 971. The summed E-state index contributed by atoms with van der Waals surface area (Å²) in [6.45, 7) is 6.99. The summed E-state index contributed by atoms with van der Waals surface area (Å²) in [6, 6.07) is 18.5. The fraction of sp³-hybridized carbons (Fsp3) is 0.250. The third-order valence-electron chi connectivity index (χ3n) is 4.05. The van der Waals surface area contributed by atoms with Crippen molar-refractivity contribution in [2.24, 2.45) is 10.9 Å². The molecule has 150 valence electrons.